The Balaban J connectivity index is 2.31. The number of aromatic amines is 1. The van der Waals surface area contributed by atoms with Crippen molar-refractivity contribution in [3.63, 3.8) is 0 Å². The first-order chi connectivity index (χ1) is 8.24. The third-order valence-electron chi connectivity index (χ3n) is 3.61. The summed E-state index contributed by atoms with van der Waals surface area (Å²) >= 11 is 5.28. The molecule has 0 bridgehead atoms. The quantitative estimate of drug-likeness (QED) is 0.829. The average molecular weight is 251 g/mol. The smallest absolute Gasteiger partial charge is 0.204 e. The molecule has 1 aliphatic rings. The van der Waals surface area contributed by atoms with E-state index in [1.807, 2.05) is 6.07 Å². The number of rotatable bonds is 4. The van der Waals surface area contributed by atoms with Crippen LogP contribution in [0.2, 0.25) is 0 Å². The van der Waals surface area contributed by atoms with E-state index in [0.717, 1.165) is 19.0 Å². The van der Waals surface area contributed by atoms with Gasteiger partial charge in [-0.2, -0.15) is 0 Å². The monoisotopic (exact) mass is 251 g/mol. The minimum atomic E-state index is 0.661. The van der Waals surface area contributed by atoms with E-state index < -0.39 is 0 Å². The third-order valence-corrected chi connectivity index (χ3v) is 3.82. The molecular weight excluding hydrogens is 230 g/mol. The molecule has 0 atom stereocenters. The van der Waals surface area contributed by atoms with E-state index in [0.29, 0.717) is 10.6 Å². The Kier molecular flexibility index (Phi) is 4.15. The summed E-state index contributed by atoms with van der Waals surface area (Å²) in [7, 11) is 0. The zero-order valence-corrected chi connectivity index (χ0v) is 11.5. The zero-order valence-electron chi connectivity index (χ0n) is 10.7. The van der Waals surface area contributed by atoms with Crippen LogP contribution < -0.4 is 4.90 Å². The van der Waals surface area contributed by atoms with Crippen molar-refractivity contribution in [3.8, 4) is 0 Å². The van der Waals surface area contributed by atoms with Crippen LogP contribution in [0, 0.1) is 4.64 Å². The van der Waals surface area contributed by atoms with Crippen molar-refractivity contribution in [1.82, 2.24) is 9.97 Å². The number of nitrogens with zero attached hydrogens (tertiary/aromatic N) is 2. The molecule has 1 fully saturated rings. The first-order valence-electron chi connectivity index (χ1n) is 6.60. The zero-order chi connectivity index (χ0) is 12.3. The van der Waals surface area contributed by atoms with Crippen LogP contribution in [0.3, 0.4) is 0 Å². The van der Waals surface area contributed by atoms with Crippen LogP contribution in [0.15, 0.2) is 6.07 Å². The molecule has 1 heterocycles. The second-order valence-electron chi connectivity index (χ2n) is 4.65. The first-order valence-corrected chi connectivity index (χ1v) is 7.01. The summed E-state index contributed by atoms with van der Waals surface area (Å²) < 4.78 is 0.715. The molecule has 1 saturated carbocycles. The van der Waals surface area contributed by atoms with E-state index in [1.54, 1.807) is 0 Å². The fourth-order valence-electron chi connectivity index (χ4n) is 2.59. The number of H-pyrrole nitrogens is 1. The molecule has 0 aliphatic heterocycles. The normalized spacial score (nSPS) is 16.4. The molecule has 0 unspecified atom stereocenters. The maximum Gasteiger partial charge on any atom is 0.204 e. The summed E-state index contributed by atoms with van der Waals surface area (Å²) in [5, 5.41) is 0. The summed E-state index contributed by atoms with van der Waals surface area (Å²) in [6.45, 7) is 6.21. The number of hydrogen-bond donors (Lipinski definition) is 1. The number of hydrogen-bond acceptors (Lipinski definition) is 3. The maximum absolute atomic E-state index is 5.28. The van der Waals surface area contributed by atoms with Gasteiger partial charge in [0.05, 0.1) is 0 Å². The van der Waals surface area contributed by atoms with Gasteiger partial charge in [-0.15, -0.1) is 0 Å². The molecule has 0 spiro atoms. The van der Waals surface area contributed by atoms with Crippen molar-refractivity contribution >= 4 is 18.2 Å². The van der Waals surface area contributed by atoms with Crippen LogP contribution in [-0.2, 0) is 0 Å². The fraction of sp³-hybridized carbons (Fsp3) is 0.692. The highest BCUT2D eigenvalue weighted by molar-refractivity contribution is 7.71. The second kappa shape index (κ2) is 5.63. The predicted octanol–water partition coefficient (Wildman–Crippen LogP) is 3.64. The van der Waals surface area contributed by atoms with E-state index in [1.165, 1.54) is 31.4 Å². The molecule has 0 radical (unpaired) electrons. The van der Waals surface area contributed by atoms with E-state index >= 15 is 0 Å². The third kappa shape index (κ3) is 2.86. The summed E-state index contributed by atoms with van der Waals surface area (Å²) in [5.41, 5.74) is 1.28. The van der Waals surface area contributed by atoms with Crippen molar-refractivity contribution in [2.45, 2.75) is 45.4 Å². The molecule has 94 valence electrons. The Morgan fingerprint density at radius 2 is 2.00 bits per heavy atom. The number of aromatic nitrogens is 2. The van der Waals surface area contributed by atoms with Crippen molar-refractivity contribution in [2.24, 2.45) is 0 Å². The second-order valence-corrected chi connectivity index (χ2v) is 5.07. The van der Waals surface area contributed by atoms with Gasteiger partial charge in [0, 0.05) is 18.8 Å². The van der Waals surface area contributed by atoms with E-state index in [2.05, 4.69) is 28.7 Å². The molecule has 0 aromatic carbocycles. The lowest BCUT2D eigenvalue weighted by Crippen LogP contribution is -2.24. The van der Waals surface area contributed by atoms with Gasteiger partial charge in [0.25, 0.3) is 0 Å². The highest BCUT2D eigenvalue weighted by Gasteiger charge is 2.18. The molecule has 17 heavy (non-hydrogen) atoms. The van der Waals surface area contributed by atoms with Crippen LogP contribution in [0.4, 0.5) is 5.95 Å². The molecule has 1 N–H and O–H groups in total. The molecule has 2 rings (SSSR count). The van der Waals surface area contributed by atoms with Gasteiger partial charge < -0.3 is 9.88 Å². The van der Waals surface area contributed by atoms with Crippen LogP contribution in [-0.4, -0.2) is 23.1 Å². The minimum absolute atomic E-state index is 0.661. The highest BCUT2D eigenvalue weighted by Crippen LogP contribution is 2.33. The Bertz CT molecular complexity index is 394. The van der Waals surface area contributed by atoms with E-state index in [-0.39, 0.29) is 0 Å². The van der Waals surface area contributed by atoms with Gasteiger partial charge in [0.15, 0.2) is 0 Å². The van der Waals surface area contributed by atoms with E-state index in [4.69, 9.17) is 12.2 Å². The molecule has 0 saturated heterocycles. The summed E-state index contributed by atoms with van der Waals surface area (Å²) in [4.78, 5) is 10.1. The lowest BCUT2D eigenvalue weighted by molar-refractivity contribution is 0.686. The lowest BCUT2D eigenvalue weighted by Gasteiger charge is -2.21. The molecule has 4 heteroatoms. The van der Waals surface area contributed by atoms with Gasteiger partial charge in [0.1, 0.15) is 4.64 Å². The highest BCUT2D eigenvalue weighted by atomic mass is 32.1. The van der Waals surface area contributed by atoms with Crippen molar-refractivity contribution < 1.29 is 0 Å². The first kappa shape index (κ1) is 12.6. The Labute approximate surface area is 108 Å². The van der Waals surface area contributed by atoms with Gasteiger partial charge >= 0.3 is 0 Å². The topological polar surface area (TPSA) is 31.9 Å². The molecule has 0 amide bonds. The molecule has 3 nitrogen and oxygen atoms in total. The molecule has 1 aromatic rings. The predicted molar refractivity (Wildman–Crippen MR) is 74.2 cm³/mol. The van der Waals surface area contributed by atoms with Crippen LogP contribution in [0.1, 0.15) is 51.1 Å². The van der Waals surface area contributed by atoms with Gasteiger partial charge in [-0.25, -0.2) is 4.98 Å². The summed E-state index contributed by atoms with van der Waals surface area (Å²) in [5.74, 6) is 1.60. The molecule has 1 aliphatic carbocycles. The Morgan fingerprint density at radius 3 is 2.59 bits per heavy atom. The fourth-order valence-corrected chi connectivity index (χ4v) is 2.81. The average Bonchev–Trinajstić information content (AvgIpc) is 2.83. The Hall–Kier alpha value is -0.900. The van der Waals surface area contributed by atoms with Crippen molar-refractivity contribution in [2.75, 3.05) is 18.0 Å². The minimum Gasteiger partial charge on any atom is -0.343 e. The number of anilines is 1. The summed E-state index contributed by atoms with van der Waals surface area (Å²) in [6, 6.07) is 2.04. The van der Waals surface area contributed by atoms with Gasteiger partial charge in [-0.1, -0.05) is 25.1 Å². The van der Waals surface area contributed by atoms with E-state index in [9.17, 15) is 0 Å². The number of nitrogens with one attached hydrogen (secondary N) is 1. The summed E-state index contributed by atoms with van der Waals surface area (Å²) in [6.07, 6.45) is 5.25. The van der Waals surface area contributed by atoms with Gasteiger partial charge in [-0.05, 0) is 38.7 Å². The van der Waals surface area contributed by atoms with Crippen LogP contribution >= 0.6 is 12.2 Å². The van der Waals surface area contributed by atoms with Crippen LogP contribution in [0.25, 0.3) is 0 Å². The molecule has 1 aromatic heterocycles. The van der Waals surface area contributed by atoms with Gasteiger partial charge in [-0.3, -0.25) is 0 Å². The van der Waals surface area contributed by atoms with Crippen molar-refractivity contribution in [3.05, 3.63) is 16.4 Å². The van der Waals surface area contributed by atoms with Crippen molar-refractivity contribution in [1.29, 1.82) is 0 Å². The van der Waals surface area contributed by atoms with Crippen LogP contribution in [0.5, 0.6) is 0 Å². The largest absolute Gasteiger partial charge is 0.343 e. The lowest BCUT2D eigenvalue weighted by atomic mass is 10.0. The standard InChI is InChI=1S/C13H21N3S/c1-3-16(4-2)13-14-11(9-12(17)15-13)10-7-5-6-8-10/h9-10H,3-8H2,1-2H3,(H,14,15,17). The van der Waals surface area contributed by atoms with Gasteiger partial charge in [0.2, 0.25) is 5.95 Å². The Morgan fingerprint density at radius 1 is 1.35 bits per heavy atom. The SMILES string of the molecule is CCN(CC)c1nc(=S)cc(C2CCCC2)[nH]1. The molecular formula is C13H21N3S. The maximum atomic E-state index is 5.28.